The van der Waals surface area contributed by atoms with Gasteiger partial charge in [0.15, 0.2) is 0 Å². The zero-order valence-corrected chi connectivity index (χ0v) is 15.1. The average Bonchev–Trinajstić information content (AvgIpc) is 2.45. The van der Waals surface area contributed by atoms with E-state index >= 15 is 0 Å². The molecule has 0 N–H and O–H groups in total. The first-order valence-corrected chi connectivity index (χ1v) is 9.56. The summed E-state index contributed by atoms with van der Waals surface area (Å²) in [5, 5.41) is 1.95. The number of rotatable bonds is 11. The Bertz CT molecular complexity index is 351. The predicted octanol–water partition coefficient (Wildman–Crippen LogP) is 7.03. The third kappa shape index (κ3) is 8.32. The van der Waals surface area contributed by atoms with Crippen molar-refractivity contribution < 1.29 is 0 Å². The third-order valence-electron chi connectivity index (χ3n) is 3.85. The minimum absolute atomic E-state index is 0.740. The fourth-order valence-electron chi connectivity index (χ4n) is 2.62. The summed E-state index contributed by atoms with van der Waals surface area (Å²) >= 11 is 9.71. The van der Waals surface area contributed by atoms with Crippen molar-refractivity contribution in [2.75, 3.05) is 5.33 Å². The first kappa shape index (κ1) is 18.0. The quantitative estimate of drug-likeness (QED) is 0.294. The van der Waals surface area contributed by atoms with Gasteiger partial charge < -0.3 is 0 Å². The van der Waals surface area contributed by atoms with Crippen LogP contribution in [0.3, 0.4) is 0 Å². The zero-order valence-electron chi connectivity index (χ0n) is 12.7. The van der Waals surface area contributed by atoms with Gasteiger partial charge in [0.05, 0.1) is 0 Å². The van der Waals surface area contributed by atoms with Crippen LogP contribution in [0.25, 0.3) is 0 Å². The van der Waals surface area contributed by atoms with E-state index in [1.54, 1.807) is 0 Å². The largest absolute Gasteiger partial charge is 0.0925 e. The van der Waals surface area contributed by atoms with E-state index in [9.17, 15) is 0 Å². The molecule has 1 aromatic rings. The van der Waals surface area contributed by atoms with Crippen LogP contribution in [0.15, 0.2) is 24.3 Å². The summed E-state index contributed by atoms with van der Waals surface area (Å²) in [7, 11) is 0. The molecule has 0 heterocycles. The molecule has 0 aliphatic rings. The molecule has 114 valence electrons. The maximum atomic E-state index is 6.05. The van der Waals surface area contributed by atoms with Gasteiger partial charge in [-0.2, -0.15) is 0 Å². The van der Waals surface area contributed by atoms with Gasteiger partial charge in [-0.3, -0.25) is 0 Å². The van der Waals surface area contributed by atoms with E-state index in [0.29, 0.717) is 0 Å². The van der Waals surface area contributed by atoms with E-state index in [2.05, 4.69) is 41.1 Å². The fourth-order valence-corrected chi connectivity index (χ4v) is 3.39. The normalized spacial score (nSPS) is 12.6. The Morgan fingerprint density at radius 3 is 2.40 bits per heavy atom. The van der Waals surface area contributed by atoms with Crippen molar-refractivity contribution in [2.45, 2.75) is 64.7 Å². The van der Waals surface area contributed by atoms with Crippen LogP contribution < -0.4 is 0 Å². The molecule has 0 spiro atoms. The maximum absolute atomic E-state index is 6.05. The van der Waals surface area contributed by atoms with E-state index in [-0.39, 0.29) is 0 Å². The van der Waals surface area contributed by atoms with E-state index in [4.69, 9.17) is 11.6 Å². The van der Waals surface area contributed by atoms with E-state index in [0.717, 1.165) is 22.7 Å². The Labute approximate surface area is 138 Å². The second-order valence-electron chi connectivity index (χ2n) is 5.76. The molecule has 1 rings (SSSR count). The van der Waals surface area contributed by atoms with Crippen LogP contribution in [0.5, 0.6) is 0 Å². The van der Waals surface area contributed by atoms with Crippen molar-refractivity contribution in [3.05, 3.63) is 34.9 Å². The zero-order chi connectivity index (χ0) is 14.6. The lowest BCUT2D eigenvalue weighted by atomic mass is 9.95. The number of hydrogen-bond donors (Lipinski definition) is 0. The van der Waals surface area contributed by atoms with Gasteiger partial charge in [0.2, 0.25) is 0 Å². The molecule has 0 radical (unpaired) electrons. The average molecular weight is 360 g/mol. The lowest BCUT2D eigenvalue weighted by Gasteiger charge is -2.14. The van der Waals surface area contributed by atoms with Gasteiger partial charge in [-0.25, -0.2) is 0 Å². The van der Waals surface area contributed by atoms with Crippen molar-refractivity contribution >= 4 is 27.5 Å². The van der Waals surface area contributed by atoms with Gasteiger partial charge in [-0.15, -0.1) is 0 Å². The Morgan fingerprint density at radius 1 is 1.05 bits per heavy atom. The molecule has 0 aromatic heterocycles. The summed E-state index contributed by atoms with van der Waals surface area (Å²) in [5.41, 5.74) is 1.37. The van der Waals surface area contributed by atoms with Gasteiger partial charge in [-0.05, 0) is 36.5 Å². The molecule has 0 bridgehead atoms. The highest BCUT2D eigenvalue weighted by molar-refractivity contribution is 9.09. The number of halogens is 2. The highest BCUT2D eigenvalue weighted by Gasteiger charge is 2.08. The topological polar surface area (TPSA) is 0 Å². The highest BCUT2D eigenvalue weighted by atomic mass is 79.9. The van der Waals surface area contributed by atoms with Crippen LogP contribution in [0.2, 0.25) is 5.02 Å². The highest BCUT2D eigenvalue weighted by Crippen LogP contribution is 2.21. The molecular weight excluding hydrogens is 332 g/mol. The summed E-state index contributed by atoms with van der Waals surface area (Å²) in [6.07, 6.45) is 12.2. The number of unbranched alkanes of at least 4 members (excludes halogenated alkanes) is 6. The number of benzene rings is 1. The molecule has 0 fully saturated rings. The lowest BCUT2D eigenvalue weighted by molar-refractivity contribution is 0.487. The van der Waals surface area contributed by atoms with Gasteiger partial charge in [0, 0.05) is 10.4 Å². The van der Waals surface area contributed by atoms with Crippen molar-refractivity contribution in [1.29, 1.82) is 0 Å². The minimum atomic E-state index is 0.740. The van der Waals surface area contributed by atoms with E-state index in [1.165, 1.54) is 56.9 Å². The number of hydrogen-bond acceptors (Lipinski definition) is 0. The van der Waals surface area contributed by atoms with Crippen LogP contribution in [0.1, 0.15) is 63.9 Å². The van der Waals surface area contributed by atoms with Crippen molar-refractivity contribution in [3.8, 4) is 0 Å². The van der Waals surface area contributed by atoms with Gasteiger partial charge in [0.1, 0.15) is 0 Å². The Kier molecular flexibility index (Phi) is 10.5. The maximum Gasteiger partial charge on any atom is 0.0408 e. The van der Waals surface area contributed by atoms with Crippen LogP contribution in [-0.4, -0.2) is 5.33 Å². The molecule has 0 saturated heterocycles. The molecule has 1 atom stereocenters. The molecule has 20 heavy (non-hydrogen) atoms. The van der Waals surface area contributed by atoms with Crippen LogP contribution in [-0.2, 0) is 6.42 Å². The van der Waals surface area contributed by atoms with Crippen LogP contribution in [0, 0.1) is 5.92 Å². The number of alkyl halides is 1. The molecule has 0 aliphatic carbocycles. The fraction of sp³-hybridized carbons (Fsp3) is 0.667. The molecule has 0 amide bonds. The molecule has 0 nitrogen and oxygen atoms in total. The summed E-state index contributed by atoms with van der Waals surface area (Å²) in [6.45, 7) is 2.27. The molecule has 2 heteroatoms. The second-order valence-corrected chi connectivity index (χ2v) is 6.85. The summed E-state index contributed by atoms with van der Waals surface area (Å²) in [4.78, 5) is 0. The predicted molar refractivity (Wildman–Crippen MR) is 95.1 cm³/mol. The van der Waals surface area contributed by atoms with Crippen molar-refractivity contribution in [3.63, 3.8) is 0 Å². The Morgan fingerprint density at radius 2 is 1.75 bits per heavy atom. The monoisotopic (exact) mass is 358 g/mol. The van der Waals surface area contributed by atoms with Gasteiger partial charge in [0.25, 0.3) is 0 Å². The first-order chi connectivity index (χ1) is 9.76. The molecule has 1 aromatic carbocycles. The van der Waals surface area contributed by atoms with Crippen LogP contribution in [0.4, 0.5) is 0 Å². The Balaban J connectivity index is 2.16. The molecule has 0 aliphatic heterocycles. The summed E-state index contributed by atoms with van der Waals surface area (Å²) in [5.74, 6) is 0.740. The van der Waals surface area contributed by atoms with Crippen molar-refractivity contribution in [2.24, 2.45) is 5.92 Å². The smallest absolute Gasteiger partial charge is 0.0408 e. The minimum Gasteiger partial charge on any atom is -0.0925 e. The standard InChI is InChI=1S/C18H28BrCl/c1-2-3-4-5-6-7-8-10-17(15-19)13-16-11-9-12-18(20)14-16/h9,11-12,14,17H,2-8,10,13,15H2,1H3. The van der Waals surface area contributed by atoms with Gasteiger partial charge in [-0.1, -0.05) is 91.5 Å². The first-order valence-electron chi connectivity index (χ1n) is 8.06. The lowest BCUT2D eigenvalue weighted by Crippen LogP contribution is -2.06. The molecule has 1 unspecified atom stereocenters. The van der Waals surface area contributed by atoms with Gasteiger partial charge >= 0.3 is 0 Å². The second kappa shape index (κ2) is 11.6. The van der Waals surface area contributed by atoms with Crippen molar-refractivity contribution in [1.82, 2.24) is 0 Å². The third-order valence-corrected chi connectivity index (χ3v) is 5.00. The molecular formula is C18H28BrCl. The van der Waals surface area contributed by atoms with Crippen LogP contribution >= 0.6 is 27.5 Å². The van der Waals surface area contributed by atoms with E-state index < -0.39 is 0 Å². The summed E-state index contributed by atoms with van der Waals surface area (Å²) < 4.78 is 0. The molecule has 0 saturated carbocycles. The summed E-state index contributed by atoms with van der Waals surface area (Å²) in [6, 6.07) is 8.29. The van der Waals surface area contributed by atoms with E-state index in [1.807, 2.05) is 6.07 Å². The Hall–Kier alpha value is -0.0100. The SMILES string of the molecule is CCCCCCCCCC(CBr)Cc1cccc(Cl)c1.